The van der Waals surface area contributed by atoms with Gasteiger partial charge in [-0.05, 0) is 42.4 Å². The SMILES string of the molecule is CCC1CCCCN1C(=O)Cn1nnc(-c2ccc(C(C)C)cc2)n1. The molecule has 0 saturated carbocycles. The minimum Gasteiger partial charge on any atom is -0.338 e. The maximum atomic E-state index is 12.6. The third kappa shape index (κ3) is 4.06. The molecule has 0 spiro atoms. The summed E-state index contributed by atoms with van der Waals surface area (Å²) in [5.74, 6) is 1.14. The van der Waals surface area contributed by atoms with Crippen molar-refractivity contribution in [1.82, 2.24) is 25.1 Å². The molecule has 0 radical (unpaired) electrons. The molecule has 1 atom stereocenters. The lowest BCUT2D eigenvalue weighted by Gasteiger charge is -2.35. The van der Waals surface area contributed by atoms with Crippen LogP contribution in [0.25, 0.3) is 11.4 Å². The molecule has 25 heavy (non-hydrogen) atoms. The van der Waals surface area contributed by atoms with Crippen molar-refractivity contribution in [2.75, 3.05) is 6.54 Å². The average molecular weight is 341 g/mol. The van der Waals surface area contributed by atoms with E-state index in [1.165, 1.54) is 16.8 Å². The minimum atomic E-state index is 0.0886. The van der Waals surface area contributed by atoms with Crippen LogP contribution in [0.4, 0.5) is 0 Å². The summed E-state index contributed by atoms with van der Waals surface area (Å²) in [6.45, 7) is 7.48. The number of hydrogen-bond acceptors (Lipinski definition) is 4. The Hall–Kier alpha value is -2.24. The van der Waals surface area contributed by atoms with Gasteiger partial charge in [0.25, 0.3) is 0 Å². The molecule has 0 bridgehead atoms. The van der Waals surface area contributed by atoms with Crippen LogP contribution in [0.3, 0.4) is 0 Å². The number of benzene rings is 1. The number of amides is 1. The van der Waals surface area contributed by atoms with Gasteiger partial charge in [0.1, 0.15) is 6.54 Å². The van der Waals surface area contributed by atoms with Crippen molar-refractivity contribution in [3.05, 3.63) is 29.8 Å². The number of rotatable bonds is 5. The molecule has 2 heterocycles. The van der Waals surface area contributed by atoms with Gasteiger partial charge < -0.3 is 4.90 Å². The van der Waals surface area contributed by atoms with Gasteiger partial charge in [-0.3, -0.25) is 4.79 Å². The summed E-state index contributed by atoms with van der Waals surface area (Å²) in [5.41, 5.74) is 2.20. The molecular weight excluding hydrogens is 314 g/mol. The highest BCUT2D eigenvalue weighted by Crippen LogP contribution is 2.21. The van der Waals surface area contributed by atoms with Crippen LogP contribution in [-0.4, -0.2) is 43.6 Å². The van der Waals surface area contributed by atoms with E-state index in [0.29, 0.717) is 17.8 Å². The van der Waals surface area contributed by atoms with Gasteiger partial charge in [0.2, 0.25) is 11.7 Å². The lowest BCUT2D eigenvalue weighted by Crippen LogP contribution is -2.45. The first-order chi connectivity index (χ1) is 12.1. The molecule has 1 saturated heterocycles. The van der Waals surface area contributed by atoms with Crippen LogP contribution in [0.15, 0.2) is 24.3 Å². The molecule has 1 aromatic heterocycles. The van der Waals surface area contributed by atoms with Gasteiger partial charge in [-0.2, -0.15) is 4.80 Å². The normalized spacial score (nSPS) is 17.9. The Morgan fingerprint density at radius 1 is 1.24 bits per heavy atom. The van der Waals surface area contributed by atoms with E-state index in [4.69, 9.17) is 0 Å². The van der Waals surface area contributed by atoms with Crippen molar-refractivity contribution in [1.29, 1.82) is 0 Å². The Bertz CT molecular complexity index is 707. The fraction of sp³-hybridized carbons (Fsp3) is 0.579. The quantitative estimate of drug-likeness (QED) is 0.837. The topological polar surface area (TPSA) is 63.9 Å². The zero-order valence-corrected chi connectivity index (χ0v) is 15.4. The molecule has 2 aromatic rings. The summed E-state index contributed by atoms with van der Waals surface area (Å²) >= 11 is 0. The second-order valence-electron chi connectivity index (χ2n) is 7.07. The van der Waals surface area contributed by atoms with E-state index >= 15 is 0 Å². The van der Waals surface area contributed by atoms with Gasteiger partial charge in [0, 0.05) is 18.2 Å². The van der Waals surface area contributed by atoms with E-state index in [-0.39, 0.29) is 12.5 Å². The second kappa shape index (κ2) is 7.76. The third-order valence-corrected chi connectivity index (χ3v) is 4.98. The second-order valence-corrected chi connectivity index (χ2v) is 7.07. The molecule has 1 aromatic carbocycles. The minimum absolute atomic E-state index is 0.0886. The molecule has 0 aliphatic carbocycles. The van der Waals surface area contributed by atoms with Crippen LogP contribution in [0.1, 0.15) is 57.9 Å². The Kier molecular flexibility index (Phi) is 5.46. The Morgan fingerprint density at radius 2 is 2.00 bits per heavy atom. The highest BCUT2D eigenvalue weighted by atomic mass is 16.2. The van der Waals surface area contributed by atoms with Crippen molar-refractivity contribution in [3.8, 4) is 11.4 Å². The monoisotopic (exact) mass is 341 g/mol. The van der Waals surface area contributed by atoms with Crippen molar-refractivity contribution in [2.24, 2.45) is 0 Å². The third-order valence-electron chi connectivity index (χ3n) is 4.98. The van der Waals surface area contributed by atoms with Gasteiger partial charge in [0.15, 0.2) is 0 Å². The molecule has 6 heteroatoms. The maximum absolute atomic E-state index is 12.6. The lowest BCUT2D eigenvalue weighted by molar-refractivity contribution is -0.136. The Labute approximate surface area is 149 Å². The lowest BCUT2D eigenvalue weighted by atomic mass is 10.00. The molecule has 134 valence electrons. The van der Waals surface area contributed by atoms with Crippen molar-refractivity contribution in [3.63, 3.8) is 0 Å². The predicted molar refractivity (Wildman–Crippen MR) is 97.0 cm³/mol. The van der Waals surface area contributed by atoms with Gasteiger partial charge in [-0.15, -0.1) is 10.2 Å². The molecule has 1 fully saturated rings. The predicted octanol–water partition coefficient (Wildman–Crippen LogP) is 3.25. The van der Waals surface area contributed by atoms with Crippen LogP contribution >= 0.6 is 0 Å². The Balaban J connectivity index is 1.67. The fourth-order valence-corrected chi connectivity index (χ4v) is 3.41. The first kappa shape index (κ1) is 17.6. The van der Waals surface area contributed by atoms with Gasteiger partial charge in [-0.1, -0.05) is 45.0 Å². The zero-order valence-electron chi connectivity index (χ0n) is 15.4. The number of piperidine rings is 1. The van der Waals surface area contributed by atoms with Crippen LogP contribution < -0.4 is 0 Å². The molecule has 0 N–H and O–H groups in total. The van der Waals surface area contributed by atoms with Crippen molar-refractivity contribution >= 4 is 5.91 Å². The highest BCUT2D eigenvalue weighted by molar-refractivity contribution is 5.76. The summed E-state index contributed by atoms with van der Waals surface area (Å²) in [6, 6.07) is 8.55. The van der Waals surface area contributed by atoms with E-state index in [0.717, 1.165) is 31.4 Å². The highest BCUT2D eigenvalue weighted by Gasteiger charge is 2.25. The van der Waals surface area contributed by atoms with E-state index in [1.807, 2.05) is 17.0 Å². The largest absolute Gasteiger partial charge is 0.338 e. The molecule has 1 aliphatic heterocycles. The van der Waals surface area contributed by atoms with E-state index < -0.39 is 0 Å². The zero-order chi connectivity index (χ0) is 17.8. The summed E-state index contributed by atoms with van der Waals surface area (Å²) < 4.78 is 0. The number of tetrazole rings is 1. The first-order valence-electron chi connectivity index (χ1n) is 9.26. The molecule has 1 unspecified atom stereocenters. The Morgan fingerprint density at radius 3 is 2.68 bits per heavy atom. The number of hydrogen-bond donors (Lipinski definition) is 0. The molecular formula is C19H27N5O. The summed E-state index contributed by atoms with van der Waals surface area (Å²) in [7, 11) is 0. The van der Waals surface area contributed by atoms with Gasteiger partial charge >= 0.3 is 0 Å². The standard InChI is InChI=1S/C19H27N5O/c1-4-17-7-5-6-12-23(17)18(25)13-24-21-19(20-22-24)16-10-8-15(9-11-16)14(2)3/h8-11,14,17H,4-7,12-13H2,1-3H3. The van der Waals surface area contributed by atoms with Crippen LogP contribution in [-0.2, 0) is 11.3 Å². The van der Waals surface area contributed by atoms with Crippen LogP contribution in [0.5, 0.6) is 0 Å². The average Bonchev–Trinajstić information content (AvgIpc) is 3.10. The summed E-state index contributed by atoms with van der Waals surface area (Å²) in [6.07, 6.45) is 4.39. The number of likely N-dealkylation sites (tertiary alicyclic amines) is 1. The van der Waals surface area contributed by atoms with Crippen molar-refractivity contribution in [2.45, 2.75) is 65.0 Å². The molecule has 1 aliphatic rings. The van der Waals surface area contributed by atoms with Crippen LogP contribution in [0, 0.1) is 0 Å². The smallest absolute Gasteiger partial charge is 0.246 e. The number of nitrogens with zero attached hydrogens (tertiary/aromatic N) is 5. The van der Waals surface area contributed by atoms with Crippen LogP contribution in [0.2, 0.25) is 0 Å². The van der Waals surface area contributed by atoms with Gasteiger partial charge in [0.05, 0.1) is 0 Å². The number of carbonyl (C=O) groups excluding carboxylic acids is 1. The maximum Gasteiger partial charge on any atom is 0.246 e. The number of carbonyl (C=O) groups is 1. The summed E-state index contributed by atoms with van der Waals surface area (Å²) in [4.78, 5) is 16.0. The molecule has 1 amide bonds. The van der Waals surface area contributed by atoms with Crippen molar-refractivity contribution < 1.29 is 4.79 Å². The first-order valence-corrected chi connectivity index (χ1v) is 9.26. The van der Waals surface area contributed by atoms with E-state index in [2.05, 4.69) is 48.3 Å². The number of aromatic nitrogens is 4. The van der Waals surface area contributed by atoms with Gasteiger partial charge in [-0.25, -0.2) is 0 Å². The molecule has 6 nitrogen and oxygen atoms in total. The van der Waals surface area contributed by atoms with E-state index in [1.54, 1.807) is 0 Å². The van der Waals surface area contributed by atoms with E-state index in [9.17, 15) is 4.79 Å². The summed E-state index contributed by atoms with van der Waals surface area (Å²) in [5, 5.41) is 12.6. The molecule has 3 rings (SSSR count). The fourth-order valence-electron chi connectivity index (χ4n) is 3.41.